The first-order valence-corrected chi connectivity index (χ1v) is 4.65. The standard InChI is InChI=1S/C9H18N2O2/c1-7(12)5-11(2)8(13)9(6-10)3-4-9/h7,12H,3-6,10H2,1-2H3. The van der Waals surface area contributed by atoms with Gasteiger partial charge < -0.3 is 15.7 Å². The molecule has 1 rings (SSSR count). The Hall–Kier alpha value is -0.610. The molecule has 3 N–H and O–H groups in total. The van der Waals surface area contributed by atoms with E-state index >= 15 is 0 Å². The molecule has 0 aromatic carbocycles. The van der Waals surface area contributed by atoms with Crippen LogP contribution < -0.4 is 5.73 Å². The van der Waals surface area contributed by atoms with Gasteiger partial charge in [-0.2, -0.15) is 0 Å². The fraction of sp³-hybridized carbons (Fsp3) is 0.889. The number of carbonyl (C=O) groups excluding carboxylic acids is 1. The van der Waals surface area contributed by atoms with Crippen LogP contribution in [0.15, 0.2) is 0 Å². The van der Waals surface area contributed by atoms with Gasteiger partial charge in [-0.15, -0.1) is 0 Å². The predicted octanol–water partition coefficient (Wildman–Crippen LogP) is -0.435. The smallest absolute Gasteiger partial charge is 0.229 e. The summed E-state index contributed by atoms with van der Waals surface area (Å²) < 4.78 is 0. The van der Waals surface area contributed by atoms with Gasteiger partial charge in [0, 0.05) is 20.1 Å². The highest BCUT2D eigenvalue weighted by molar-refractivity contribution is 5.85. The highest BCUT2D eigenvalue weighted by Crippen LogP contribution is 2.45. The van der Waals surface area contributed by atoms with Crippen molar-refractivity contribution >= 4 is 5.91 Å². The van der Waals surface area contributed by atoms with E-state index in [1.165, 1.54) is 0 Å². The highest BCUT2D eigenvalue weighted by Gasteiger charge is 2.49. The Kier molecular flexibility index (Phi) is 2.93. The lowest BCUT2D eigenvalue weighted by Gasteiger charge is -2.23. The third kappa shape index (κ3) is 2.19. The van der Waals surface area contributed by atoms with Crippen molar-refractivity contribution < 1.29 is 9.90 Å². The first kappa shape index (κ1) is 10.5. The molecule has 1 atom stereocenters. The molecular formula is C9H18N2O2. The summed E-state index contributed by atoms with van der Waals surface area (Å²) in [5.74, 6) is 0.0795. The number of likely N-dealkylation sites (N-methyl/N-ethyl adjacent to an activating group) is 1. The van der Waals surface area contributed by atoms with E-state index in [0.29, 0.717) is 13.1 Å². The second-order valence-corrected chi connectivity index (χ2v) is 4.02. The van der Waals surface area contributed by atoms with E-state index < -0.39 is 6.10 Å². The highest BCUT2D eigenvalue weighted by atomic mass is 16.3. The molecule has 1 fully saturated rings. The van der Waals surface area contributed by atoms with Crippen LogP contribution in [0.2, 0.25) is 0 Å². The van der Waals surface area contributed by atoms with Crippen molar-refractivity contribution in [2.45, 2.75) is 25.9 Å². The third-order valence-electron chi connectivity index (χ3n) is 2.58. The van der Waals surface area contributed by atoms with Gasteiger partial charge in [0.15, 0.2) is 0 Å². The van der Waals surface area contributed by atoms with Crippen molar-refractivity contribution in [3.8, 4) is 0 Å². The fourth-order valence-electron chi connectivity index (χ4n) is 1.54. The average molecular weight is 186 g/mol. The second kappa shape index (κ2) is 3.64. The maximum absolute atomic E-state index is 11.7. The molecule has 0 aromatic rings. The van der Waals surface area contributed by atoms with E-state index in [9.17, 15) is 4.79 Å². The van der Waals surface area contributed by atoms with Gasteiger partial charge in [-0.05, 0) is 19.8 Å². The molecule has 0 spiro atoms. The van der Waals surface area contributed by atoms with Crippen molar-refractivity contribution in [1.82, 2.24) is 4.90 Å². The summed E-state index contributed by atoms with van der Waals surface area (Å²) in [5.41, 5.74) is 5.24. The van der Waals surface area contributed by atoms with Crippen LogP contribution in [-0.2, 0) is 4.79 Å². The van der Waals surface area contributed by atoms with Gasteiger partial charge in [0.25, 0.3) is 0 Å². The van der Waals surface area contributed by atoms with Gasteiger partial charge in [-0.25, -0.2) is 0 Å². The molecule has 0 saturated heterocycles. The molecule has 0 aliphatic heterocycles. The SMILES string of the molecule is CC(O)CN(C)C(=O)C1(CN)CC1. The molecule has 76 valence electrons. The van der Waals surface area contributed by atoms with Crippen LogP contribution in [-0.4, -0.2) is 42.2 Å². The molecule has 0 heterocycles. The third-order valence-corrected chi connectivity index (χ3v) is 2.58. The van der Waals surface area contributed by atoms with E-state index in [4.69, 9.17) is 10.8 Å². The van der Waals surface area contributed by atoms with Gasteiger partial charge in [0.1, 0.15) is 0 Å². The molecule has 0 radical (unpaired) electrons. The van der Waals surface area contributed by atoms with Gasteiger partial charge in [0.2, 0.25) is 5.91 Å². The van der Waals surface area contributed by atoms with Crippen molar-refractivity contribution in [2.24, 2.45) is 11.1 Å². The number of amides is 1. The van der Waals surface area contributed by atoms with Crippen LogP contribution in [0.1, 0.15) is 19.8 Å². The van der Waals surface area contributed by atoms with Crippen LogP contribution in [0, 0.1) is 5.41 Å². The Morgan fingerprint density at radius 2 is 2.23 bits per heavy atom. The van der Waals surface area contributed by atoms with Crippen LogP contribution in [0.3, 0.4) is 0 Å². The summed E-state index contributed by atoms with van der Waals surface area (Å²) in [7, 11) is 1.71. The lowest BCUT2D eigenvalue weighted by atomic mass is 10.1. The molecule has 1 aliphatic carbocycles. The van der Waals surface area contributed by atoms with Gasteiger partial charge in [-0.3, -0.25) is 4.79 Å². The Morgan fingerprint density at radius 3 is 2.54 bits per heavy atom. The molecule has 4 heteroatoms. The summed E-state index contributed by atoms with van der Waals surface area (Å²) in [5, 5.41) is 9.11. The number of carbonyl (C=O) groups is 1. The quantitative estimate of drug-likeness (QED) is 0.625. The first-order chi connectivity index (χ1) is 6.02. The lowest BCUT2D eigenvalue weighted by molar-refractivity contribution is -0.136. The molecular weight excluding hydrogens is 168 g/mol. The molecule has 0 bridgehead atoms. The van der Waals surface area contributed by atoms with Crippen molar-refractivity contribution in [3.63, 3.8) is 0 Å². The zero-order valence-corrected chi connectivity index (χ0v) is 8.29. The minimum Gasteiger partial charge on any atom is -0.392 e. The Labute approximate surface area is 78.7 Å². The van der Waals surface area contributed by atoms with Crippen LogP contribution in [0.4, 0.5) is 0 Å². The summed E-state index contributed by atoms with van der Waals surface area (Å²) in [6.45, 7) is 2.49. The summed E-state index contributed by atoms with van der Waals surface area (Å²) in [6.07, 6.45) is 1.32. The number of hydrogen-bond donors (Lipinski definition) is 2. The molecule has 1 amide bonds. The summed E-state index contributed by atoms with van der Waals surface area (Å²) >= 11 is 0. The minimum absolute atomic E-state index is 0.0795. The van der Waals surface area contributed by atoms with Crippen molar-refractivity contribution in [3.05, 3.63) is 0 Å². The normalized spacial score (nSPS) is 20.9. The molecule has 1 aliphatic rings. The Balaban J connectivity index is 2.47. The van der Waals surface area contributed by atoms with Gasteiger partial charge >= 0.3 is 0 Å². The second-order valence-electron chi connectivity index (χ2n) is 4.02. The summed E-state index contributed by atoms with van der Waals surface area (Å²) in [4.78, 5) is 13.3. The molecule has 4 nitrogen and oxygen atoms in total. The Bertz CT molecular complexity index is 200. The van der Waals surface area contributed by atoms with Gasteiger partial charge in [-0.1, -0.05) is 0 Å². The Morgan fingerprint density at radius 1 is 1.69 bits per heavy atom. The largest absolute Gasteiger partial charge is 0.392 e. The van der Waals surface area contributed by atoms with Crippen LogP contribution in [0.5, 0.6) is 0 Å². The van der Waals surface area contributed by atoms with E-state index in [1.807, 2.05) is 0 Å². The van der Waals surface area contributed by atoms with Crippen molar-refractivity contribution in [1.29, 1.82) is 0 Å². The van der Waals surface area contributed by atoms with Crippen LogP contribution >= 0.6 is 0 Å². The molecule has 13 heavy (non-hydrogen) atoms. The zero-order valence-electron chi connectivity index (χ0n) is 8.29. The van der Waals surface area contributed by atoms with E-state index in [2.05, 4.69) is 0 Å². The van der Waals surface area contributed by atoms with Crippen molar-refractivity contribution in [2.75, 3.05) is 20.1 Å². The summed E-state index contributed by atoms with van der Waals surface area (Å²) in [6, 6.07) is 0. The van der Waals surface area contributed by atoms with Gasteiger partial charge in [0.05, 0.1) is 11.5 Å². The number of nitrogens with zero attached hydrogens (tertiary/aromatic N) is 1. The first-order valence-electron chi connectivity index (χ1n) is 4.65. The topological polar surface area (TPSA) is 66.6 Å². The van der Waals surface area contributed by atoms with E-state index in [0.717, 1.165) is 12.8 Å². The van der Waals surface area contributed by atoms with E-state index in [-0.39, 0.29) is 11.3 Å². The average Bonchev–Trinajstić information content (AvgIpc) is 2.82. The number of aliphatic hydroxyl groups excluding tert-OH is 1. The number of rotatable bonds is 4. The minimum atomic E-state index is -0.470. The molecule has 1 unspecified atom stereocenters. The van der Waals surface area contributed by atoms with E-state index in [1.54, 1.807) is 18.9 Å². The zero-order chi connectivity index (χ0) is 10.1. The monoisotopic (exact) mass is 186 g/mol. The lowest BCUT2D eigenvalue weighted by Crippen LogP contribution is -2.41. The number of hydrogen-bond acceptors (Lipinski definition) is 3. The maximum Gasteiger partial charge on any atom is 0.229 e. The van der Waals surface area contributed by atoms with Crippen LogP contribution in [0.25, 0.3) is 0 Å². The molecule has 0 aromatic heterocycles. The number of nitrogens with two attached hydrogens (primary N) is 1. The molecule has 1 saturated carbocycles. The predicted molar refractivity (Wildman–Crippen MR) is 50.0 cm³/mol. The maximum atomic E-state index is 11.7. The fourth-order valence-corrected chi connectivity index (χ4v) is 1.54. The number of aliphatic hydroxyl groups is 1.